The molecule has 1 atom stereocenters. The lowest BCUT2D eigenvalue weighted by atomic mass is 10.00. The number of nitrogens with zero attached hydrogens (tertiary/aromatic N) is 1. The van der Waals surface area contributed by atoms with Crippen LogP contribution in [0.15, 0.2) is 53.4 Å². The molecule has 2 aromatic carbocycles. The monoisotopic (exact) mass is 282 g/mol. The van der Waals surface area contributed by atoms with Crippen LogP contribution in [-0.2, 0) is 0 Å². The van der Waals surface area contributed by atoms with E-state index in [0.717, 1.165) is 18.7 Å². The molecular weight excluding hydrogens is 264 g/mol. The summed E-state index contributed by atoms with van der Waals surface area (Å²) in [5, 5.41) is 8.29. The molecule has 1 aromatic heterocycles. The molecule has 0 bridgehead atoms. The first-order chi connectivity index (χ1) is 9.88. The standard InChI is InChI=1S/C17H18N2S/c1-2-9-18-17(16-11-20-12-19-16)15-8-7-13-5-3-4-6-14(13)10-15/h3-8,10-12,17-18H,2,9H2,1H3. The van der Waals surface area contributed by atoms with Gasteiger partial charge in [0.05, 0.1) is 17.2 Å². The molecule has 1 N–H and O–H groups in total. The molecule has 0 aliphatic heterocycles. The minimum atomic E-state index is 0.186. The molecule has 2 nitrogen and oxygen atoms in total. The van der Waals surface area contributed by atoms with Crippen LogP contribution in [0.25, 0.3) is 10.8 Å². The van der Waals surface area contributed by atoms with Crippen LogP contribution in [0.3, 0.4) is 0 Å². The van der Waals surface area contributed by atoms with E-state index in [4.69, 9.17) is 0 Å². The van der Waals surface area contributed by atoms with Gasteiger partial charge in [-0.15, -0.1) is 11.3 Å². The van der Waals surface area contributed by atoms with E-state index < -0.39 is 0 Å². The fourth-order valence-corrected chi connectivity index (χ4v) is 3.01. The molecule has 20 heavy (non-hydrogen) atoms. The zero-order valence-corrected chi connectivity index (χ0v) is 12.4. The Balaban J connectivity index is 1.99. The van der Waals surface area contributed by atoms with Crippen molar-refractivity contribution in [2.75, 3.05) is 6.54 Å². The van der Waals surface area contributed by atoms with Crippen molar-refractivity contribution in [3.05, 3.63) is 64.6 Å². The second kappa shape index (κ2) is 6.16. The van der Waals surface area contributed by atoms with E-state index in [-0.39, 0.29) is 6.04 Å². The summed E-state index contributed by atoms with van der Waals surface area (Å²) in [7, 11) is 0. The molecule has 0 saturated carbocycles. The van der Waals surface area contributed by atoms with Gasteiger partial charge in [-0.05, 0) is 35.4 Å². The molecular formula is C17H18N2S. The number of hydrogen-bond donors (Lipinski definition) is 1. The first-order valence-electron chi connectivity index (χ1n) is 6.98. The smallest absolute Gasteiger partial charge is 0.0795 e. The molecule has 1 unspecified atom stereocenters. The van der Waals surface area contributed by atoms with Crippen molar-refractivity contribution < 1.29 is 0 Å². The molecule has 0 amide bonds. The zero-order chi connectivity index (χ0) is 13.8. The topological polar surface area (TPSA) is 24.9 Å². The van der Waals surface area contributed by atoms with Crippen molar-refractivity contribution in [1.29, 1.82) is 0 Å². The minimum Gasteiger partial charge on any atom is -0.305 e. The largest absolute Gasteiger partial charge is 0.305 e. The lowest BCUT2D eigenvalue weighted by Gasteiger charge is -2.17. The fourth-order valence-electron chi connectivity index (χ4n) is 2.43. The van der Waals surface area contributed by atoms with Gasteiger partial charge < -0.3 is 5.32 Å². The third-order valence-corrected chi connectivity index (χ3v) is 4.06. The number of rotatable bonds is 5. The van der Waals surface area contributed by atoms with Gasteiger partial charge in [0, 0.05) is 5.38 Å². The summed E-state index contributed by atoms with van der Waals surface area (Å²) in [4.78, 5) is 4.48. The maximum absolute atomic E-state index is 4.48. The normalized spacial score (nSPS) is 12.7. The van der Waals surface area contributed by atoms with Crippen LogP contribution in [0.1, 0.15) is 30.6 Å². The molecule has 3 aromatic rings. The van der Waals surface area contributed by atoms with E-state index in [1.807, 2.05) is 5.51 Å². The second-order valence-electron chi connectivity index (χ2n) is 4.91. The first-order valence-corrected chi connectivity index (χ1v) is 7.93. The predicted octanol–water partition coefficient (Wildman–Crippen LogP) is 4.39. The summed E-state index contributed by atoms with van der Waals surface area (Å²) in [6.07, 6.45) is 1.12. The number of thiazole rings is 1. The Morgan fingerprint density at radius 3 is 2.75 bits per heavy atom. The van der Waals surface area contributed by atoms with Crippen LogP contribution >= 0.6 is 11.3 Å². The van der Waals surface area contributed by atoms with Gasteiger partial charge in [-0.1, -0.05) is 43.3 Å². The van der Waals surface area contributed by atoms with Crippen molar-refractivity contribution >= 4 is 22.1 Å². The Kier molecular flexibility index (Phi) is 4.09. The molecule has 0 aliphatic rings. The van der Waals surface area contributed by atoms with Crippen molar-refractivity contribution in [3.63, 3.8) is 0 Å². The van der Waals surface area contributed by atoms with E-state index >= 15 is 0 Å². The maximum atomic E-state index is 4.48. The summed E-state index contributed by atoms with van der Waals surface area (Å²) >= 11 is 1.65. The number of fused-ring (bicyclic) bond motifs is 1. The Morgan fingerprint density at radius 2 is 2.00 bits per heavy atom. The average Bonchev–Trinajstić information content (AvgIpc) is 3.02. The molecule has 0 saturated heterocycles. The SMILES string of the molecule is CCCNC(c1ccc2ccccc2c1)c1cscn1. The van der Waals surface area contributed by atoms with Crippen molar-refractivity contribution in [3.8, 4) is 0 Å². The summed E-state index contributed by atoms with van der Waals surface area (Å²) < 4.78 is 0. The highest BCUT2D eigenvalue weighted by atomic mass is 32.1. The summed E-state index contributed by atoms with van der Waals surface area (Å²) in [5.74, 6) is 0. The number of hydrogen-bond acceptors (Lipinski definition) is 3. The Hall–Kier alpha value is -1.71. The minimum absolute atomic E-state index is 0.186. The highest BCUT2D eigenvalue weighted by Gasteiger charge is 2.15. The van der Waals surface area contributed by atoms with E-state index in [2.05, 4.69) is 65.1 Å². The summed E-state index contributed by atoms with van der Waals surface area (Å²) in [6.45, 7) is 3.18. The first kappa shape index (κ1) is 13.3. The van der Waals surface area contributed by atoms with Gasteiger partial charge >= 0.3 is 0 Å². The van der Waals surface area contributed by atoms with Crippen molar-refractivity contribution in [2.24, 2.45) is 0 Å². The third-order valence-electron chi connectivity index (χ3n) is 3.45. The van der Waals surface area contributed by atoms with Crippen LogP contribution in [0.2, 0.25) is 0 Å². The van der Waals surface area contributed by atoms with E-state index in [9.17, 15) is 0 Å². The van der Waals surface area contributed by atoms with Gasteiger partial charge in [0.25, 0.3) is 0 Å². The van der Waals surface area contributed by atoms with E-state index in [1.54, 1.807) is 11.3 Å². The number of nitrogens with one attached hydrogen (secondary N) is 1. The van der Waals surface area contributed by atoms with Gasteiger partial charge in [0.15, 0.2) is 0 Å². The average molecular weight is 282 g/mol. The highest BCUT2D eigenvalue weighted by Crippen LogP contribution is 2.25. The van der Waals surface area contributed by atoms with Crippen LogP contribution < -0.4 is 5.32 Å². The van der Waals surface area contributed by atoms with Crippen LogP contribution in [-0.4, -0.2) is 11.5 Å². The molecule has 0 fully saturated rings. The maximum Gasteiger partial charge on any atom is 0.0795 e. The molecule has 3 heteroatoms. The van der Waals surface area contributed by atoms with Crippen LogP contribution in [0.4, 0.5) is 0 Å². The molecule has 0 radical (unpaired) electrons. The van der Waals surface area contributed by atoms with Crippen LogP contribution in [0.5, 0.6) is 0 Å². The molecule has 0 aliphatic carbocycles. The van der Waals surface area contributed by atoms with E-state index in [0.29, 0.717) is 0 Å². The fraction of sp³-hybridized carbons (Fsp3) is 0.235. The third kappa shape index (κ3) is 2.74. The van der Waals surface area contributed by atoms with Crippen molar-refractivity contribution in [1.82, 2.24) is 10.3 Å². The number of benzene rings is 2. The molecule has 3 rings (SSSR count). The summed E-state index contributed by atoms with van der Waals surface area (Å²) in [6, 6.07) is 15.3. The predicted molar refractivity (Wildman–Crippen MR) is 86.2 cm³/mol. The molecule has 0 spiro atoms. The highest BCUT2D eigenvalue weighted by molar-refractivity contribution is 7.07. The lowest BCUT2D eigenvalue weighted by molar-refractivity contribution is 0.589. The lowest BCUT2D eigenvalue weighted by Crippen LogP contribution is -2.23. The molecule has 102 valence electrons. The quantitative estimate of drug-likeness (QED) is 0.751. The second-order valence-corrected chi connectivity index (χ2v) is 5.63. The van der Waals surface area contributed by atoms with Crippen LogP contribution in [0, 0.1) is 0 Å². The van der Waals surface area contributed by atoms with Gasteiger partial charge in [-0.2, -0.15) is 0 Å². The van der Waals surface area contributed by atoms with Crippen molar-refractivity contribution in [2.45, 2.75) is 19.4 Å². The molecule has 1 heterocycles. The van der Waals surface area contributed by atoms with Gasteiger partial charge in [-0.25, -0.2) is 4.98 Å². The van der Waals surface area contributed by atoms with Gasteiger partial charge in [0.1, 0.15) is 0 Å². The summed E-state index contributed by atoms with van der Waals surface area (Å²) in [5.41, 5.74) is 4.29. The Labute approximate surface area is 123 Å². The zero-order valence-electron chi connectivity index (χ0n) is 11.5. The Morgan fingerprint density at radius 1 is 1.15 bits per heavy atom. The number of aromatic nitrogens is 1. The van der Waals surface area contributed by atoms with Gasteiger partial charge in [0.2, 0.25) is 0 Å². The Bertz CT molecular complexity index is 676. The van der Waals surface area contributed by atoms with E-state index in [1.165, 1.54) is 16.3 Å². The van der Waals surface area contributed by atoms with Gasteiger partial charge in [-0.3, -0.25) is 0 Å².